The molecule has 2 aliphatic heterocycles. The number of fused-ring (bicyclic) bond motifs is 7. The zero-order valence-electron chi connectivity index (χ0n) is 19.1. The van der Waals surface area contributed by atoms with Crippen molar-refractivity contribution in [2.24, 2.45) is 18.0 Å². The van der Waals surface area contributed by atoms with E-state index in [0.717, 1.165) is 24.6 Å². The maximum absolute atomic E-state index is 14.4. The van der Waals surface area contributed by atoms with Gasteiger partial charge in [-0.05, 0) is 49.4 Å². The van der Waals surface area contributed by atoms with Crippen LogP contribution in [0.15, 0.2) is 35.5 Å². The highest BCUT2D eigenvalue weighted by Crippen LogP contribution is 2.36. The number of ether oxygens (including phenoxy) is 1. The van der Waals surface area contributed by atoms with Crippen molar-refractivity contribution in [3.63, 3.8) is 0 Å². The van der Waals surface area contributed by atoms with Gasteiger partial charge in [-0.15, -0.1) is 0 Å². The Morgan fingerprint density at radius 3 is 2.85 bits per heavy atom. The number of carbonyl (C=O) groups is 1. The van der Waals surface area contributed by atoms with Crippen molar-refractivity contribution in [1.29, 1.82) is 0 Å². The summed E-state index contributed by atoms with van der Waals surface area (Å²) in [5.41, 5.74) is 2.54. The molecule has 8 nitrogen and oxygen atoms in total. The highest BCUT2D eigenvalue weighted by molar-refractivity contribution is 6.19. The number of nitrogens with zero attached hydrogens (tertiary/aromatic N) is 5. The van der Waals surface area contributed by atoms with Gasteiger partial charge in [0.15, 0.2) is 0 Å². The molecular formula is C24H24F2N6O2. The fraction of sp³-hybridized carbons (Fsp3) is 0.333. The van der Waals surface area contributed by atoms with E-state index in [1.807, 2.05) is 4.90 Å². The second kappa shape index (κ2) is 8.51. The normalized spacial score (nSPS) is 19.6. The van der Waals surface area contributed by atoms with Gasteiger partial charge >= 0.3 is 0 Å². The van der Waals surface area contributed by atoms with Crippen LogP contribution in [-0.4, -0.2) is 39.8 Å². The van der Waals surface area contributed by atoms with Crippen LogP contribution in [0.4, 0.5) is 20.2 Å². The SMILES string of the molecule is Cc1cc2c(cc1F)N/C1=N\C(=O)c3cc(F)nc(c3)-c3cnn(C)c3OCCC[C@@H](C)CN12. The molecule has 1 amide bonds. The van der Waals surface area contributed by atoms with Crippen molar-refractivity contribution in [3.8, 4) is 17.1 Å². The molecule has 0 aliphatic carbocycles. The minimum atomic E-state index is -0.814. The average Bonchev–Trinajstić information content (AvgIpc) is 3.30. The number of amides is 1. The number of aromatic nitrogens is 3. The van der Waals surface area contributed by atoms with Crippen molar-refractivity contribution >= 4 is 23.2 Å². The molecule has 34 heavy (non-hydrogen) atoms. The summed E-state index contributed by atoms with van der Waals surface area (Å²) in [4.78, 5) is 23.2. The third-order valence-electron chi connectivity index (χ3n) is 6.05. The third kappa shape index (κ3) is 4.00. The highest BCUT2D eigenvalue weighted by atomic mass is 19.1. The van der Waals surface area contributed by atoms with Crippen molar-refractivity contribution in [1.82, 2.24) is 14.8 Å². The summed E-state index contributed by atoms with van der Waals surface area (Å²) < 4.78 is 36.2. The molecule has 0 saturated carbocycles. The predicted molar refractivity (Wildman–Crippen MR) is 124 cm³/mol. The topological polar surface area (TPSA) is 84.6 Å². The second-order valence-corrected chi connectivity index (χ2v) is 8.74. The van der Waals surface area contributed by atoms with Crippen LogP contribution in [-0.2, 0) is 7.05 Å². The summed E-state index contributed by atoms with van der Waals surface area (Å²) in [5.74, 6) is -0.847. The number of nitrogens with one attached hydrogen (secondary N) is 1. The van der Waals surface area contributed by atoms with Gasteiger partial charge in [-0.3, -0.25) is 4.79 Å². The van der Waals surface area contributed by atoms with Crippen molar-refractivity contribution in [3.05, 3.63) is 53.4 Å². The average molecular weight is 466 g/mol. The van der Waals surface area contributed by atoms with Crippen LogP contribution in [0.25, 0.3) is 11.3 Å². The second-order valence-electron chi connectivity index (χ2n) is 8.74. The quantitative estimate of drug-likeness (QED) is 0.497. The summed E-state index contributed by atoms with van der Waals surface area (Å²) in [6.45, 7) is 4.80. The maximum atomic E-state index is 14.4. The van der Waals surface area contributed by atoms with E-state index in [9.17, 15) is 13.6 Å². The Morgan fingerprint density at radius 1 is 1.21 bits per heavy atom. The maximum Gasteiger partial charge on any atom is 0.280 e. The number of hydrogen-bond acceptors (Lipinski definition) is 6. The van der Waals surface area contributed by atoms with Crippen LogP contribution in [0, 0.1) is 24.6 Å². The zero-order valence-corrected chi connectivity index (χ0v) is 19.1. The van der Waals surface area contributed by atoms with E-state index < -0.39 is 11.9 Å². The predicted octanol–water partition coefficient (Wildman–Crippen LogP) is 4.31. The fourth-order valence-corrected chi connectivity index (χ4v) is 4.26. The number of guanidine groups is 1. The molecule has 1 aromatic carbocycles. The minimum Gasteiger partial charge on any atom is -0.477 e. The number of rotatable bonds is 0. The molecular weight excluding hydrogens is 442 g/mol. The van der Waals surface area contributed by atoms with E-state index in [1.54, 1.807) is 24.7 Å². The number of aryl methyl sites for hydroxylation is 2. The Bertz CT molecular complexity index is 1320. The third-order valence-corrected chi connectivity index (χ3v) is 6.05. The zero-order chi connectivity index (χ0) is 24.0. The van der Waals surface area contributed by atoms with Crippen LogP contribution in [0.1, 0.15) is 35.7 Å². The lowest BCUT2D eigenvalue weighted by molar-refractivity contribution is 0.100. The standard InChI is InChI=1S/C24H24F2N6O2/c1-13-5-4-6-34-23-16(11-27-31(23)3)18-8-15(9-21(26)28-18)22(33)30-24-29-19-10-17(25)14(2)7-20(19)32(24)12-13/h7-11,13H,4-6,12H2,1-3H3,(H,29,30,33)/t13-/m1/s1. The monoisotopic (exact) mass is 466 g/mol. The number of carbonyl (C=O) groups excluding carboxylic acids is 1. The van der Waals surface area contributed by atoms with Gasteiger partial charge in [0, 0.05) is 25.2 Å². The van der Waals surface area contributed by atoms with Gasteiger partial charge in [0.25, 0.3) is 5.91 Å². The fourth-order valence-electron chi connectivity index (χ4n) is 4.26. The molecule has 0 fully saturated rings. The first-order chi connectivity index (χ1) is 16.3. The lowest BCUT2D eigenvalue weighted by Crippen LogP contribution is -2.35. The first kappa shape index (κ1) is 22.0. The molecule has 5 rings (SSSR count). The molecule has 1 atom stereocenters. The molecule has 1 N–H and O–H groups in total. The molecule has 2 aromatic heterocycles. The van der Waals surface area contributed by atoms with Gasteiger partial charge in [-0.25, -0.2) is 14.1 Å². The Hall–Kier alpha value is -3.82. The first-order valence-corrected chi connectivity index (χ1v) is 11.1. The summed E-state index contributed by atoms with van der Waals surface area (Å²) in [5, 5.41) is 7.27. The number of aliphatic imine (C=N–C) groups is 1. The van der Waals surface area contributed by atoms with Gasteiger partial charge in [0.05, 0.1) is 35.4 Å². The van der Waals surface area contributed by atoms with Gasteiger partial charge in [-0.2, -0.15) is 14.5 Å². The van der Waals surface area contributed by atoms with Crippen molar-refractivity contribution < 1.29 is 18.3 Å². The summed E-state index contributed by atoms with van der Waals surface area (Å²) in [7, 11) is 1.73. The van der Waals surface area contributed by atoms with Crippen LogP contribution in [0.3, 0.4) is 0 Å². The molecule has 176 valence electrons. The lowest BCUT2D eigenvalue weighted by Gasteiger charge is -2.23. The first-order valence-electron chi connectivity index (χ1n) is 11.1. The summed E-state index contributed by atoms with van der Waals surface area (Å²) >= 11 is 0. The number of benzene rings is 1. The summed E-state index contributed by atoms with van der Waals surface area (Å²) in [6, 6.07) is 5.65. The number of anilines is 2. The molecule has 0 unspecified atom stereocenters. The number of pyridine rings is 1. The Balaban J connectivity index is 1.61. The van der Waals surface area contributed by atoms with Gasteiger partial charge in [-0.1, -0.05) is 6.92 Å². The molecule has 0 saturated heterocycles. The highest BCUT2D eigenvalue weighted by Gasteiger charge is 2.29. The van der Waals surface area contributed by atoms with E-state index in [-0.39, 0.29) is 29.0 Å². The van der Waals surface area contributed by atoms with Gasteiger partial charge < -0.3 is 15.0 Å². The lowest BCUT2D eigenvalue weighted by atomic mass is 10.0. The van der Waals surface area contributed by atoms with E-state index in [1.165, 1.54) is 18.3 Å². The van der Waals surface area contributed by atoms with E-state index in [0.29, 0.717) is 35.8 Å². The Kier molecular flexibility index (Phi) is 5.51. The molecule has 2 aliphatic rings. The molecule has 4 heterocycles. The number of hydrogen-bond donors (Lipinski definition) is 1. The van der Waals surface area contributed by atoms with Crippen LogP contribution in [0.5, 0.6) is 5.88 Å². The van der Waals surface area contributed by atoms with Gasteiger partial charge in [0.2, 0.25) is 17.8 Å². The van der Waals surface area contributed by atoms with Crippen molar-refractivity contribution in [2.45, 2.75) is 26.7 Å². The van der Waals surface area contributed by atoms with E-state index in [4.69, 9.17) is 4.74 Å². The Morgan fingerprint density at radius 2 is 2.03 bits per heavy atom. The Labute approximate surface area is 195 Å². The summed E-state index contributed by atoms with van der Waals surface area (Å²) in [6.07, 6.45) is 3.16. The molecule has 2 bridgehead atoms. The molecule has 3 aromatic rings. The molecule has 0 radical (unpaired) electrons. The molecule has 0 spiro atoms. The molecule has 10 heteroatoms. The smallest absolute Gasteiger partial charge is 0.280 e. The number of halogens is 2. The van der Waals surface area contributed by atoms with E-state index >= 15 is 0 Å². The largest absolute Gasteiger partial charge is 0.477 e. The van der Waals surface area contributed by atoms with Crippen molar-refractivity contribution in [2.75, 3.05) is 23.4 Å². The van der Waals surface area contributed by atoms with E-state index in [2.05, 4.69) is 27.3 Å². The van der Waals surface area contributed by atoms with Crippen LogP contribution >= 0.6 is 0 Å². The van der Waals surface area contributed by atoms with Gasteiger partial charge in [0.1, 0.15) is 5.82 Å². The minimum absolute atomic E-state index is 0.0350. The van der Waals surface area contributed by atoms with Crippen LogP contribution < -0.4 is 15.0 Å². The van der Waals surface area contributed by atoms with Crippen LogP contribution in [0.2, 0.25) is 0 Å².